The normalized spacial score (nSPS) is 22.3. The van der Waals surface area contributed by atoms with Gasteiger partial charge >= 0.3 is 0 Å². The maximum Gasteiger partial charge on any atom is 0.223 e. The third kappa shape index (κ3) is 5.07. The molecule has 0 unspecified atom stereocenters. The van der Waals surface area contributed by atoms with Crippen LogP contribution < -0.4 is 5.32 Å². The molecule has 0 aliphatic carbocycles. The van der Waals surface area contributed by atoms with Crippen LogP contribution in [0.15, 0.2) is 18.7 Å². The fourth-order valence-corrected chi connectivity index (χ4v) is 4.01. The molecule has 6 nitrogen and oxygen atoms in total. The van der Waals surface area contributed by atoms with Crippen molar-refractivity contribution in [2.24, 2.45) is 11.3 Å². The second-order valence-electron chi connectivity index (χ2n) is 8.84. The molecular formula is C20H34N4O2. The first-order chi connectivity index (χ1) is 12.4. The summed E-state index contributed by atoms with van der Waals surface area (Å²) < 4.78 is 7.52. The van der Waals surface area contributed by atoms with Crippen LogP contribution in [0.1, 0.15) is 46.5 Å². The number of carbonyl (C=O) groups excluding carboxylic acids is 1. The maximum absolute atomic E-state index is 12.9. The van der Waals surface area contributed by atoms with Gasteiger partial charge in [0.25, 0.3) is 0 Å². The lowest BCUT2D eigenvalue weighted by Gasteiger charge is -2.39. The summed E-state index contributed by atoms with van der Waals surface area (Å²) in [5.74, 6) is 0.357. The molecular weight excluding hydrogens is 328 g/mol. The fraction of sp³-hybridized carbons (Fsp3) is 0.800. The molecule has 6 heteroatoms. The Morgan fingerprint density at radius 3 is 2.50 bits per heavy atom. The number of likely N-dealkylation sites (tertiary alicyclic amines) is 1. The van der Waals surface area contributed by atoms with Gasteiger partial charge in [-0.15, -0.1) is 0 Å². The Hall–Kier alpha value is -1.40. The van der Waals surface area contributed by atoms with Crippen LogP contribution in [0.3, 0.4) is 0 Å². The third-order valence-electron chi connectivity index (χ3n) is 5.92. The van der Waals surface area contributed by atoms with Crippen LogP contribution in [0.25, 0.3) is 0 Å². The zero-order valence-electron chi connectivity index (χ0n) is 16.5. The first kappa shape index (κ1) is 19.4. The summed E-state index contributed by atoms with van der Waals surface area (Å²) in [5, 5.41) is 3.33. The number of carbonyl (C=O) groups is 1. The Balaban J connectivity index is 1.51. The van der Waals surface area contributed by atoms with Crippen molar-refractivity contribution in [2.45, 2.75) is 65.1 Å². The largest absolute Gasteiger partial charge is 0.381 e. The molecule has 3 heterocycles. The van der Waals surface area contributed by atoms with Gasteiger partial charge < -0.3 is 19.5 Å². The van der Waals surface area contributed by atoms with Crippen molar-refractivity contribution >= 4 is 5.91 Å². The Morgan fingerprint density at radius 1 is 1.23 bits per heavy atom. The quantitative estimate of drug-likeness (QED) is 0.873. The summed E-state index contributed by atoms with van der Waals surface area (Å²) in [5.41, 5.74) is 0.00271. The molecule has 1 N–H and O–H groups in total. The molecule has 2 aliphatic rings. The average Bonchev–Trinajstić information content (AvgIpc) is 3.14. The molecule has 2 aliphatic heterocycles. The smallest absolute Gasteiger partial charge is 0.223 e. The van der Waals surface area contributed by atoms with E-state index in [0.29, 0.717) is 6.04 Å². The molecule has 3 rings (SSSR count). The number of hydrogen-bond donors (Lipinski definition) is 1. The van der Waals surface area contributed by atoms with Crippen LogP contribution in [0.5, 0.6) is 0 Å². The highest BCUT2D eigenvalue weighted by atomic mass is 16.5. The van der Waals surface area contributed by atoms with Gasteiger partial charge in [0.15, 0.2) is 0 Å². The van der Waals surface area contributed by atoms with E-state index >= 15 is 0 Å². The summed E-state index contributed by atoms with van der Waals surface area (Å²) in [7, 11) is 0. The minimum absolute atomic E-state index is 0.00271. The van der Waals surface area contributed by atoms with Crippen molar-refractivity contribution in [2.75, 3.05) is 26.3 Å². The molecule has 0 saturated carbocycles. The van der Waals surface area contributed by atoms with E-state index in [1.54, 1.807) is 6.20 Å². The van der Waals surface area contributed by atoms with Gasteiger partial charge in [-0.3, -0.25) is 4.79 Å². The number of nitrogens with one attached hydrogen (secondary N) is 1. The van der Waals surface area contributed by atoms with Gasteiger partial charge in [-0.1, -0.05) is 20.8 Å². The number of imidazole rings is 1. The lowest BCUT2D eigenvalue weighted by atomic mass is 9.85. The first-order valence-electron chi connectivity index (χ1n) is 10.0. The van der Waals surface area contributed by atoms with E-state index in [1.807, 2.05) is 17.1 Å². The minimum Gasteiger partial charge on any atom is -0.381 e. The van der Waals surface area contributed by atoms with Crippen LogP contribution in [0.4, 0.5) is 0 Å². The molecule has 26 heavy (non-hydrogen) atoms. The zero-order chi connectivity index (χ0) is 18.6. The standard InChI is InChI=1S/C20H34N4O2/c1-20(2,3)18(14-23-11-8-21-15-23)22-19(25)16-4-9-24(10-5-16)17-6-12-26-13-7-17/h8,11,15-18H,4-7,9-10,12-14H2,1-3H3,(H,22,25)/t18-/m0/s1. The van der Waals surface area contributed by atoms with Gasteiger partial charge in [-0.25, -0.2) is 4.98 Å². The molecule has 146 valence electrons. The lowest BCUT2D eigenvalue weighted by molar-refractivity contribution is -0.128. The summed E-state index contributed by atoms with van der Waals surface area (Å²) in [4.78, 5) is 19.6. The molecule has 0 radical (unpaired) electrons. The summed E-state index contributed by atoms with van der Waals surface area (Å²) >= 11 is 0. The van der Waals surface area contributed by atoms with Gasteiger partial charge in [0.2, 0.25) is 5.91 Å². The van der Waals surface area contributed by atoms with Crippen LogP contribution in [-0.2, 0) is 16.1 Å². The predicted molar refractivity (Wildman–Crippen MR) is 102 cm³/mol. The van der Waals surface area contributed by atoms with Crippen LogP contribution in [0, 0.1) is 11.3 Å². The number of piperidine rings is 1. The molecule has 2 fully saturated rings. The van der Waals surface area contributed by atoms with E-state index in [0.717, 1.165) is 58.5 Å². The Kier molecular flexibility index (Phi) is 6.35. The fourth-order valence-electron chi connectivity index (χ4n) is 4.01. The number of hydrogen-bond acceptors (Lipinski definition) is 4. The Labute approximate surface area is 157 Å². The average molecular weight is 363 g/mol. The number of amides is 1. The van der Waals surface area contributed by atoms with Gasteiger partial charge in [-0.05, 0) is 44.2 Å². The van der Waals surface area contributed by atoms with E-state index < -0.39 is 0 Å². The molecule has 1 aromatic heterocycles. The second kappa shape index (κ2) is 8.53. The van der Waals surface area contributed by atoms with Gasteiger partial charge in [0, 0.05) is 44.1 Å². The molecule has 2 saturated heterocycles. The van der Waals surface area contributed by atoms with E-state index in [9.17, 15) is 4.79 Å². The summed E-state index contributed by atoms with van der Waals surface area (Å²) in [6.45, 7) is 11.1. The number of aromatic nitrogens is 2. The number of ether oxygens (including phenoxy) is 1. The third-order valence-corrected chi connectivity index (χ3v) is 5.92. The van der Waals surface area contributed by atoms with Crippen molar-refractivity contribution in [3.05, 3.63) is 18.7 Å². The molecule has 0 bridgehead atoms. The van der Waals surface area contributed by atoms with Crippen LogP contribution >= 0.6 is 0 Å². The predicted octanol–water partition coefficient (Wildman–Crippen LogP) is 2.30. The van der Waals surface area contributed by atoms with E-state index in [1.165, 1.54) is 0 Å². The molecule has 1 aromatic rings. The Bertz CT molecular complexity index is 553. The van der Waals surface area contributed by atoms with Gasteiger partial charge in [-0.2, -0.15) is 0 Å². The lowest BCUT2D eigenvalue weighted by Crippen LogP contribution is -2.51. The monoisotopic (exact) mass is 362 g/mol. The van der Waals surface area contributed by atoms with Gasteiger partial charge in [0.1, 0.15) is 0 Å². The highest BCUT2D eigenvalue weighted by molar-refractivity contribution is 5.79. The summed E-state index contributed by atoms with van der Waals surface area (Å²) in [6, 6.07) is 0.744. The van der Waals surface area contributed by atoms with Crippen molar-refractivity contribution in [1.29, 1.82) is 0 Å². The topological polar surface area (TPSA) is 59.4 Å². The second-order valence-corrected chi connectivity index (χ2v) is 8.84. The van der Waals surface area contributed by atoms with E-state index in [2.05, 4.69) is 36.0 Å². The first-order valence-corrected chi connectivity index (χ1v) is 10.0. The van der Waals surface area contributed by atoms with Crippen molar-refractivity contribution in [3.63, 3.8) is 0 Å². The molecule has 1 amide bonds. The SMILES string of the molecule is CC(C)(C)[C@H](Cn1ccnc1)NC(=O)C1CCN(C2CCOCC2)CC1. The molecule has 0 aromatic carbocycles. The highest BCUT2D eigenvalue weighted by Gasteiger charge is 2.32. The van der Waals surface area contributed by atoms with Crippen LogP contribution in [0.2, 0.25) is 0 Å². The zero-order valence-corrected chi connectivity index (χ0v) is 16.5. The Morgan fingerprint density at radius 2 is 1.92 bits per heavy atom. The van der Waals surface area contributed by atoms with Crippen molar-refractivity contribution in [1.82, 2.24) is 19.8 Å². The molecule has 1 atom stereocenters. The summed E-state index contributed by atoms with van der Waals surface area (Å²) in [6.07, 6.45) is 9.75. The van der Waals surface area contributed by atoms with Crippen molar-refractivity contribution in [3.8, 4) is 0 Å². The van der Waals surface area contributed by atoms with E-state index in [4.69, 9.17) is 4.74 Å². The number of rotatable bonds is 5. The maximum atomic E-state index is 12.9. The minimum atomic E-state index is 0.00271. The van der Waals surface area contributed by atoms with Crippen LogP contribution in [-0.4, -0.2) is 58.7 Å². The number of nitrogens with zero attached hydrogens (tertiary/aromatic N) is 3. The van der Waals surface area contributed by atoms with Crippen molar-refractivity contribution < 1.29 is 9.53 Å². The van der Waals surface area contributed by atoms with Gasteiger partial charge in [0.05, 0.1) is 12.4 Å². The van der Waals surface area contributed by atoms with E-state index in [-0.39, 0.29) is 23.3 Å². The molecule has 0 spiro atoms. The highest BCUT2D eigenvalue weighted by Crippen LogP contribution is 2.25.